The molecule has 0 aromatic heterocycles. The molecule has 1 unspecified atom stereocenters. The monoisotopic (exact) mass is 278 g/mol. The highest BCUT2D eigenvalue weighted by atomic mass is 35.5. The Morgan fingerprint density at radius 3 is 2.94 bits per heavy atom. The SMILES string of the molecule is O=C1CSC(COc2ccc(Cl)cc2Cl)O1. The van der Waals surface area contributed by atoms with Crippen molar-refractivity contribution in [2.24, 2.45) is 0 Å². The zero-order valence-corrected chi connectivity index (χ0v) is 10.4. The van der Waals surface area contributed by atoms with Gasteiger partial charge in [0.2, 0.25) is 0 Å². The number of ether oxygens (including phenoxy) is 2. The Balaban J connectivity index is 1.92. The highest BCUT2D eigenvalue weighted by molar-refractivity contribution is 8.00. The van der Waals surface area contributed by atoms with Gasteiger partial charge in [-0.05, 0) is 18.2 Å². The fourth-order valence-corrected chi connectivity index (χ4v) is 2.40. The average Bonchev–Trinajstić information content (AvgIpc) is 2.63. The van der Waals surface area contributed by atoms with Crippen molar-refractivity contribution in [3.63, 3.8) is 0 Å². The molecular weight excluding hydrogens is 271 g/mol. The van der Waals surface area contributed by atoms with Crippen molar-refractivity contribution in [1.29, 1.82) is 0 Å². The second-order valence-corrected chi connectivity index (χ2v) is 5.11. The molecule has 0 N–H and O–H groups in total. The second kappa shape index (κ2) is 5.17. The number of benzene rings is 1. The number of rotatable bonds is 3. The van der Waals surface area contributed by atoms with Gasteiger partial charge in [-0.2, -0.15) is 0 Å². The maximum Gasteiger partial charge on any atom is 0.317 e. The molecule has 1 heterocycles. The summed E-state index contributed by atoms with van der Waals surface area (Å²) in [6.07, 6.45) is 0. The first-order chi connectivity index (χ1) is 7.65. The van der Waals surface area contributed by atoms with Gasteiger partial charge in [-0.3, -0.25) is 4.79 Å². The van der Waals surface area contributed by atoms with Crippen molar-refractivity contribution in [3.05, 3.63) is 28.2 Å². The van der Waals surface area contributed by atoms with E-state index in [1.54, 1.807) is 18.2 Å². The van der Waals surface area contributed by atoms with Crippen LogP contribution in [0.2, 0.25) is 10.0 Å². The molecule has 0 bridgehead atoms. The minimum atomic E-state index is -0.251. The van der Waals surface area contributed by atoms with E-state index in [0.29, 0.717) is 21.5 Å². The van der Waals surface area contributed by atoms with E-state index in [9.17, 15) is 4.79 Å². The largest absolute Gasteiger partial charge is 0.487 e. The normalized spacial score (nSPS) is 19.6. The van der Waals surface area contributed by atoms with Crippen LogP contribution >= 0.6 is 35.0 Å². The van der Waals surface area contributed by atoms with Gasteiger partial charge >= 0.3 is 5.97 Å². The smallest absolute Gasteiger partial charge is 0.317 e. The molecule has 0 radical (unpaired) electrons. The van der Waals surface area contributed by atoms with E-state index < -0.39 is 0 Å². The number of hydrogen-bond acceptors (Lipinski definition) is 4. The Kier molecular flexibility index (Phi) is 3.84. The highest BCUT2D eigenvalue weighted by Gasteiger charge is 2.24. The van der Waals surface area contributed by atoms with Gasteiger partial charge in [-0.15, -0.1) is 11.8 Å². The number of halogens is 2. The Hall–Kier alpha value is -0.580. The van der Waals surface area contributed by atoms with E-state index in [1.807, 2.05) is 0 Å². The molecule has 6 heteroatoms. The third-order valence-electron chi connectivity index (χ3n) is 1.92. The van der Waals surface area contributed by atoms with Crippen molar-refractivity contribution in [3.8, 4) is 5.75 Å². The molecule has 0 aliphatic carbocycles. The molecule has 0 spiro atoms. The molecule has 1 aromatic carbocycles. The van der Waals surface area contributed by atoms with E-state index in [1.165, 1.54) is 11.8 Å². The van der Waals surface area contributed by atoms with Gasteiger partial charge in [0.05, 0.1) is 10.8 Å². The van der Waals surface area contributed by atoms with Gasteiger partial charge in [0.25, 0.3) is 0 Å². The van der Waals surface area contributed by atoms with Crippen LogP contribution in [0.15, 0.2) is 18.2 Å². The average molecular weight is 279 g/mol. The predicted molar refractivity (Wildman–Crippen MR) is 64.3 cm³/mol. The highest BCUT2D eigenvalue weighted by Crippen LogP contribution is 2.29. The Morgan fingerprint density at radius 2 is 2.31 bits per heavy atom. The summed E-state index contributed by atoms with van der Waals surface area (Å²) < 4.78 is 10.4. The molecule has 2 rings (SSSR count). The van der Waals surface area contributed by atoms with Crippen LogP contribution in [0.25, 0.3) is 0 Å². The van der Waals surface area contributed by atoms with Gasteiger partial charge in [-0.25, -0.2) is 0 Å². The number of cyclic esters (lactones) is 1. The van der Waals surface area contributed by atoms with E-state index in [4.69, 9.17) is 32.7 Å². The van der Waals surface area contributed by atoms with Crippen molar-refractivity contribution in [2.75, 3.05) is 12.4 Å². The number of esters is 1. The van der Waals surface area contributed by atoms with Crippen LogP contribution in [0.4, 0.5) is 0 Å². The summed E-state index contributed by atoms with van der Waals surface area (Å²) in [5, 5.41) is 1.00. The first-order valence-electron chi connectivity index (χ1n) is 4.54. The topological polar surface area (TPSA) is 35.5 Å². The van der Waals surface area contributed by atoms with Gasteiger partial charge < -0.3 is 9.47 Å². The van der Waals surface area contributed by atoms with Crippen LogP contribution in [0.3, 0.4) is 0 Å². The Bertz CT molecular complexity index is 411. The van der Waals surface area contributed by atoms with Crippen LogP contribution in [-0.2, 0) is 9.53 Å². The molecule has 1 atom stereocenters. The Labute approximate surface area is 107 Å². The number of carbonyl (C=O) groups excluding carboxylic acids is 1. The van der Waals surface area contributed by atoms with Gasteiger partial charge in [-0.1, -0.05) is 23.2 Å². The minimum absolute atomic E-state index is 0.208. The zero-order chi connectivity index (χ0) is 11.5. The van der Waals surface area contributed by atoms with Crippen LogP contribution < -0.4 is 4.74 Å². The fourth-order valence-electron chi connectivity index (χ4n) is 1.21. The van der Waals surface area contributed by atoms with Crippen LogP contribution in [-0.4, -0.2) is 23.8 Å². The van der Waals surface area contributed by atoms with E-state index in [0.717, 1.165) is 0 Å². The molecule has 3 nitrogen and oxygen atoms in total. The lowest BCUT2D eigenvalue weighted by Gasteiger charge is -2.11. The molecule has 1 aliphatic heterocycles. The quantitative estimate of drug-likeness (QED) is 0.797. The lowest BCUT2D eigenvalue weighted by molar-refractivity contribution is -0.140. The van der Waals surface area contributed by atoms with E-state index in [2.05, 4.69) is 0 Å². The standard InChI is InChI=1S/C10H8Cl2O3S/c11-6-1-2-8(7(12)3-6)14-4-10-15-9(13)5-16-10/h1-3,10H,4-5H2. The third-order valence-corrected chi connectivity index (χ3v) is 3.46. The van der Waals surface area contributed by atoms with Gasteiger partial charge in [0, 0.05) is 5.02 Å². The molecule has 1 aliphatic rings. The Morgan fingerprint density at radius 1 is 1.50 bits per heavy atom. The lowest BCUT2D eigenvalue weighted by Crippen LogP contribution is -2.15. The first-order valence-corrected chi connectivity index (χ1v) is 6.34. The lowest BCUT2D eigenvalue weighted by atomic mass is 10.3. The summed E-state index contributed by atoms with van der Waals surface area (Å²) in [6.45, 7) is 0.289. The van der Waals surface area contributed by atoms with Crippen molar-refractivity contribution in [1.82, 2.24) is 0 Å². The number of carbonyl (C=O) groups is 1. The van der Waals surface area contributed by atoms with Gasteiger partial charge in [0.15, 0.2) is 5.44 Å². The summed E-state index contributed by atoms with van der Waals surface area (Å²) in [5.41, 5.74) is -0.251. The maximum atomic E-state index is 10.8. The van der Waals surface area contributed by atoms with Gasteiger partial charge in [0.1, 0.15) is 12.4 Å². The van der Waals surface area contributed by atoms with Crippen LogP contribution in [0.1, 0.15) is 0 Å². The van der Waals surface area contributed by atoms with E-state index in [-0.39, 0.29) is 18.0 Å². The second-order valence-electron chi connectivity index (χ2n) is 3.12. The molecule has 86 valence electrons. The number of hydrogen-bond donors (Lipinski definition) is 0. The summed E-state index contributed by atoms with van der Waals surface area (Å²) >= 11 is 13.1. The number of thioether (sulfide) groups is 1. The molecule has 16 heavy (non-hydrogen) atoms. The fraction of sp³-hybridized carbons (Fsp3) is 0.300. The summed E-state index contributed by atoms with van der Waals surface area (Å²) in [5.74, 6) is 0.706. The van der Waals surface area contributed by atoms with Crippen molar-refractivity contribution >= 4 is 40.9 Å². The summed E-state index contributed by atoms with van der Waals surface area (Å²) in [4.78, 5) is 10.8. The molecule has 0 amide bonds. The maximum absolute atomic E-state index is 10.8. The zero-order valence-electron chi connectivity index (χ0n) is 8.11. The molecule has 0 saturated carbocycles. The molecule has 1 saturated heterocycles. The molecular formula is C10H8Cl2O3S. The third kappa shape index (κ3) is 2.97. The minimum Gasteiger partial charge on any atom is -0.487 e. The summed E-state index contributed by atoms with van der Waals surface area (Å²) in [6, 6.07) is 4.98. The molecule has 1 aromatic rings. The van der Waals surface area contributed by atoms with Crippen molar-refractivity contribution < 1.29 is 14.3 Å². The predicted octanol–water partition coefficient (Wildman–Crippen LogP) is 2.99. The molecule has 1 fully saturated rings. The van der Waals surface area contributed by atoms with E-state index >= 15 is 0 Å². The first kappa shape index (κ1) is 11.9. The van der Waals surface area contributed by atoms with Crippen LogP contribution in [0, 0.1) is 0 Å². The summed E-state index contributed by atoms with van der Waals surface area (Å²) in [7, 11) is 0. The van der Waals surface area contributed by atoms with Crippen molar-refractivity contribution in [2.45, 2.75) is 5.44 Å². The van der Waals surface area contributed by atoms with Crippen LogP contribution in [0.5, 0.6) is 5.75 Å².